The summed E-state index contributed by atoms with van der Waals surface area (Å²) in [5.74, 6) is -0.241. The summed E-state index contributed by atoms with van der Waals surface area (Å²) in [6, 6.07) is 6.28. The van der Waals surface area contributed by atoms with E-state index in [0.29, 0.717) is 0 Å². The molecule has 0 aliphatic heterocycles. The maximum absolute atomic E-state index is 12.9. The Morgan fingerprint density at radius 1 is 1.18 bits per heavy atom. The molecule has 1 rings (SSSR count). The first kappa shape index (κ1) is 14.1. The average molecular weight is 241 g/mol. The molecule has 0 saturated carbocycles. The predicted octanol–water partition coefficient (Wildman–Crippen LogP) is 2.49. The topological polar surface area (TPSA) is 30.5 Å². The molecule has 0 fully saturated rings. The van der Waals surface area contributed by atoms with Gasteiger partial charge in [0.05, 0.1) is 6.04 Å². The fourth-order valence-electron chi connectivity index (χ4n) is 1.71. The first-order chi connectivity index (χ1) is 8.22. The molecule has 3 nitrogen and oxygen atoms in total. The van der Waals surface area contributed by atoms with Crippen molar-refractivity contribution in [2.45, 2.75) is 25.7 Å². The summed E-state index contributed by atoms with van der Waals surface area (Å²) >= 11 is 0. The molecular formula is C13H20FNO2. The highest BCUT2D eigenvalue weighted by Gasteiger charge is 2.21. The van der Waals surface area contributed by atoms with Crippen LogP contribution >= 0.6 is 0 Å². The molecule has 4 heteroatoms. The average Bonchev–Trinajstić information content (AvgIpc) is 2.36. The van der Waals surface area contributed by atoms with E-state index in [2.05, 4.69) is 12.2 Å². The molecule has 0 spiro atoms. The lowest BCUT2D eigenvalue weighted by Crippen LogP contribution is -2.35. The minimum atomic E-state index is -0.382. The fraction of sp³-hybridized carbons (Fsp3) is 0.538. The maximum atomic E-state index is 12.9. The van der Waals surface area contributed by atoms with Crippen molar-refractivity contribution < 1.29 is 13.9 Å². The van der Waals surface area contributed by atoms with Gasteiger partial charge in [-0.05, 0) is 30.7 Å². The van der Waals surface area contributed by atoms with E-state index in [0.717, 1.165) is 18.5 Å². The SMILES string of the molecule is CCCNC(c1ccc(F)cc1)C(OC)OC. The van der Waals surface area contributed by atoms with Crippen molar-refractivity contribution >= 4 is 0 Å². The summed E-state index contributed by atoms with van der Waals surface area (Å²) in [6.07, 6.45) is 0.629. The molecule has 0 aromatic heterocycles. The number of halogens is 1. The quantitative estimate of drug-likeness (QED) is 0.744. The van der Waals surface area contributed by atoms with Crippen LogP contribution in [0, 0.1) is 5.82 Å². The second-order valence-electron chi connectivity index (χ2n) is 3.82. The highest BCUT2D eigenvalue weighted by Crippen LogP contribution is 2.20. The van der Waals surface area contributed by atoms with E-state index >= 15 is 0 Å². The van der Waals surface area contributed by atoms with E-state index in [1.807, 2.05) is 0 Å². The van der Waals surface area contributed by atoms with Gasteiger partial charge in [0.1, 0.15) is 5.82 Å². The van der Waals surface area contributed by atoms with Gasteiger partial charge in [0.25, 0.3) is 0 Å². The molecule has 1 aromatic rings. The van der Waals surface area contributed by atoms with E-state index in [1.54, 1.807) is 26.4 Å². The monoisotopic (exact) mass is 241 g/mol. The summed E-state index contributed by atoms with van der Waals surface area (Å²) in [7, 11) is 3.19. The zero-order valence-electron chi connectivity index (χ0n) is 10.6. The van der Waals surface area contributed by atoms with E-state index < -0.39 is 0 Å². The molecule has 0 heterocycles. The van der Waals surface area contributed by atoms with Gasteiger partial charge in [-0.1, -0.05) is 19.1 Å². The molecule has 0 aliphatic carbocycles. The van der Waals surface area contributed by atoms with Crippen LogP contribution in [-0.4, -0.2) is 27.1 Å². The Morgan fingerprint density at radius 3 is 2.24 bits per heavy atom. The van der Waals surface area contributed by atoms with Gasteiger partial charge in [0, 0.05) is 14.2 Å². The Kier molecular flexibility index (Phi) is 6.11. The summed E-state index contributed by atoms with van der Waals surface area (Å²) in [4.78, 5) is 0. The van der Waals surface area contributed by atoms with Crippen LogP contribution in [0.2, 0.25) is 0 Å². The third-order valence-electron chi connectivity index (χ3n) is 2.58. The largest absolute Gasteiger partial charge is 0.354 e. The van der Waals surface area contributed by atoms with Crippen molar-refractivity contribution in [3.63, 3.8) is 0 Å². The van der Waals surface area contributed by atoms with Crippen LogP contribution in [0.3, 0.4) is 0 Å². The third kappa shape index (κ3) is 4.07. The predicted molar refractivity (Wildman–Crippen MR) is 65.2 cm³/mol. The van der Waals surface area contributed by atoms with E-state index in [-0.39, 0.29) is 18.1 Å². The summed E-state index contributed by atoms with van der Waals surface area (Å²) < 4.78 is 23.4. The van der Waals surface area contributed by atoms with Gasteiger partial charge in [-0.25, -0.2) is 4.39 Å². The standard InChI is InChI=1S/C13H20FNO2/c1-4-9-15-12(13(16-2)17-3)10-5-7-11(14)8-6-10/h5-8,12-13,15H,4,9H2,1-3H3. The van der Waals surface area contributed by atoms with Crippen molar-refractivity contribution in [2.75, 3.05) is 20.8 Å². The van der Waals surface area contributed by atoms with Gasteiger partial charge < -0.3 is 14.8 Å². The summed E-state index contributed by atoms with van der Waals surface area (Å²) in [6.45, 7) is 2.94. The second kappa shape index (κ2) is 7.37. The van der Waals surface area contributed by atoms with Gasteiger partial charge >= 0.3 is 0 Å². The number of hydrogen-bond acceptors (Lipinski definition) is 3. The van der Waals surface area contributed by atoms with Crippen molar-refractivity contribution in [3.8, 4) is 0 Å². The number of methoxy groups -OCH3 is 2. The van der Waals surface area contributed by atoms with Gasteiger partial charge in [-0.3, -0.25) is 0 Å². The first-order valence-electron chi connectivity index (χ1n) is 5.77. The zero-order chi connectivity index (χ0) is 12.7. The molecule has 1 N–H and O–H groups in total. The zero-order valence-corrected chi connectivity index (χ0v) is 10.6. The fourth-order valence-corrected chi connectivity index (χ4v) is 1.71. The molecule has 1 unspecified atom stereocenters. The molecule has 0 amide bonds. The lowest BCUT2D eigenvalue weighted by atomic mass is 10.1. The number of benzene rings is 1. The molecule has 0 bridgehead atoms. The molecule has 96 valence electrons. The Hall–Kier alpha value is -0.970. The first-order valence-corrected chi connectivity index (χ1v) is 5.77. The molecule has 0 aliphatic rings. The number of hydrogen-bond donors (Lipinski definition) is 1. The molecule has 1 atom stereocenters. The lowest BCUT2D eigenvalue weighted by molar-refractivity contribution is -0.124. The molecule has 17 heavy (non-hydrogen) atoms. The number of nitrogens with one attached hydrogen (secondary N) is 1. The minimum absolute atomic E-state index is 0.0921. The van der Waals surface area contributed by atoms with Crippen molar-refractivity contribution in [3.05, 3.63) is 35.6 Å². The lowest BCUT2D eigenvalue weighted by Gasteiger charge is -2.26. The van der Waals surface area contributed by atoms with Gasteiger partial charge in [0.15, 0.2) is 6.29 Å². The van der Waals surface area contributed by atoms with Gasteiger partial charge in [0.2, 0.25) is 0 Å². The van der Waals surface area contributed by atoms with Crippen molar-refractivity contribution in [2.24, 2.45) is 0 Å². The van der Waals surface area contributed by atoms with Crippen LogP contribution in [0.1, 0.15) is 24.9 Å². The van der Waals surface area contributed by atoms with Crippen LogP contribution in [0.4, 0.5) is 4.39 Å². The highest BCUT2D eigenvalue weighted by atomic mass is 19.1. The molecule has 0 radical (unpaired) electrons. The van der Waals surface area contributed by atoms with Gasteiger partial charge in [-0.15, -0.1) is 0 Å². The third-order valence-corrected chi connectivity index (χ3v) is 2.58. The Bertz CT molecular complexity index is 312. The van der Waals surface area contributed by atoms with Crippen LogP contribution in [0.15, 0.2) is 24.3 Å². The summed E-state index contributed by atoms with van der Waals surface area (Å²) in [5.41, 5.74) is 0.952. The molecule has 1 aromatic carbocycles. The molecule has 0 saturated heterocycles. The number of rotatable bonds is 7. The summed E-state index contributed by atoms with van der Waals surface area (Å²) in [5, 5.41) is 3.33. The van der Waals surface area contributed by atoms with Crippen molar-refractivity contribution in [1.82, 2.24) is 5.32 Å². The minimum Gasteiger partial charge on any atom is -0.354 e. The van der Waals surface area contributed by atoms with Crippen LogP contribution < -0.4 is 5.32 Å². The Labute approximate surface area is 102 Å². The smallest absolute Gasteiger partial charge is 0.176 e. The maximum Gasteiger partial charge on any atom is 0.176 e. The van der Waals surface area contributed by atoms with E-state index in [9.17, 15) is 4.39 Å². The van der Waals surface area contributed by atoms with E-state index in [4.69, 9.17) is 9.47 Å². The van der Waals surface area contributed by atoms with E-state index in [1.165, 1.54) is 12.1 Å². The Balaban J connectivity index is 2.84. The number of ether oxygens (including phenoxy) is 2. The van der Waals surface area contributed by atoms with Crippen LogP contribution in [0.25, 0.3) is 0 Å². The molecular weight excluding hydrogens is 221 g/mol. The van der Waals surface area contributed by atoms with Crippen LogP contribution in [-0.2, 0) is 9.47 Å². The van der Waals surface area contributed by atoms with Gasteiger partial charge in [-0.2, -0.15) is 0 Å². The normalized spacial score (nSPS) is 13.0. The second-order valence-corrected chi connectivity index (χ2v) is 3.82. The highest BCUT2D eigenvalue weighted by molar-refractivity contribution is 5.20. The van der Waals surface area contributed by atoms with Crippen molar-refractivity contribution in [1.29, 1.82) is 0 Å². The van der Waals surface area contributed by atoms with Crippen LogP contribution in [0.5, 0.6) is 0 Å². The Morgan fingerprint density at radius 2 is 1.76 bits per heavy atom.